The first-order chi connectivity index (χ1) is 8.31. The Hall–Kier alpha value is -1.74. The summed E-state index contributed by atoms with van der Waals surface area (Å²) in [7, 11) is 0. The highest BCUT2D eigenvalue weighted by molar-refractivity contribution is 5.30. The van der Waals surface area contributed by atoms with Crippen LogP contribution in [0.15, 0.2) is 43.0 Å². The molecule has 17 heavy (non-hydrogen) atoms. The van der Waals surface area contributed by atoms with Gasteiger partial charge in [-0.05, 0) is 19.0 Å². The smallest absolute Gasteiger partial charge is 0.115 e. The van der Waals surface area contributed by atoms with E-state index in [-0.39, 0.29) is 6.04 Å². The molecule has 1 unspecified atom stereocenters. The first kappa shape index (κ1) is 11.7. The van der Waals surface area contributed by atoms with E-state index in [1.165, 1.54) is 11.1 Å². The molecule has 1 atom stereocenters. The van der Waals surface area contributed by atoms with Gasteiger partial charge in [-0.3, -0.25) is 0 Å². The number of aromatic nitrogens is 2. The largest absolute Gasteiger partial charge is 0.306 e. The van der Waals surface area contributed by atoms with Gasteiger partial charge < -0.3 is 5.32 Å². The average Bonchev–Trinajstić information content (AvgIpc) is 2.38. The van der Waals surface area contributed by atoms with Crippen molar-refractivity contribution in [2.24, 2.45) is 0 Å². The molecule has 0 amide bonds. The number of aryl methyl sites for hydroxylation is 1. The third-order valence-corrected chi connectivity index (χ3v) is 2.73. The van der Waals surface area contributed by atoms with Crippen LogP contribution in [0, 0.1) is 6.92 Å². The molecule has 0 spiro atoms. The summed E-state index contributed by atoms with van der Waals surface area (Å²) in [5, 5.41) is 3.45. The molecule has 1 aromatic carbocycles. The predicted octanol–water partition coefficient (Wildman–Crippen LogP) is 2.48. The zero-order valence-electron chi connectivity index (χ0n) is 10.2. The van der Waals surface area contributed by atoms with Gasteiger partial charge in [-0.15, -0.1) is 0 Å². The van der Waals surface area contributed by atoms with Gasteiger partial charge in [0, 0.05) is 18.0 Å². The molecule has 2 aromatic rings. The van der Waals surface area contributed by atoms with E-state index >= 15 is 0 Å². The van der Waals surface area contributed by atoms with Gasteiger partial charge in [-0.1, -0.05) is 36.8 Å². The molecule has 1 aromatic heterocycles. The fourth-order valence-corrected chi connectivity index (χ4v) is 1.85. The maximum absolute atomic E-state index is 4.08. The van der Waals surface area contributed by atoms with Gasteiger partial charge in [-0.2, -0.15) is 0 Å². The molecular formula is C14H17N3. The summed E-state index contributed by atoms with van der Waals surface area (Å²) < 4.78 is 0. The summed E-state index contributed by atoms with van der Waals surface area (Å²) in [5.74, 6) is 0. The van der Waals surface area contributed by atoms with E-state index in [4.69, 9.17) is 0 Å². The van der Waals surface area contributed by atoms with Crippen LogP contribution in [0.4, 0.5) is 0 Å². The van der Waals surface area contributed by atoms with Crippen LogP contribution in [0.1, 0.15) is 29.7 Å². The van der Waals surface area contributed by atoms with Crippen LogP contribution >= 0.6 is 0 Å². The molecule has 88 valence electrons. The minimum Gasteiger partial charge on any atom is -0.306 e. The molecule has 0 saturated carbocycles. The van der Waals surface area contributed by atoms with E-state index in [9.17, 15) is 0 Å². The van der Waals surface area contributed by atoms with Crippen LogP contribution in [0.5, 0.6) is 0 Å². The topological polar surface area (TPSA) is 37.8 Å². The molecule has 0 radical (unpaired) electrons. The number of hydrogen-bond acceptors (Lipinski definition) is 3. The first-order valence-corrected chi connectivity index (χ1v) is 5.86. The Labute approximate surface area is 102 Å². The van der Waals surface area contributed by atoms with Crippen LogP contribution in [-0.2, 0) is 0 Å². The van der Waals surface area contributed by atoms with Gasteiger partial charge in [0.1, 0.15) is 6.33 Å². The summed E-state index contributed by atoms with van der Waals surface area (Å²) in [4.78, 5) is 8.16. The molecule has 0 saturated heterocycles. The van der Waals surface area contributed by atoms with E-state index in [1.807, 2.05) is 12.4 Å². The van der Waals surface area contributed by atoms with Crippen molar-refractivity contribution in [1.29, 1.82) is 0 Å². The Kier molecular flexibility index (Phi) is 3.83. The van der Waals surface area contributed by atoms with Crippen LogP contribution in [0.25, 0.3) is 0 Å². The minimum atomic E-state index is 0.168. The Bertz CT molecular complexity index is 451. The Balaban J connectivity index is 2.32. The highest BCUT2D eigenvalue weighted by Crippen LogP contribution is 2.20. The maximum Gasteiger partial charge on any atom is 0.115 e. The normalized spacial score (nSPS) is 12.4. The van der Waals surface area contributed by atoms with Crippen LogP contribution in [0.3, 0.4) is 0 Å². The van der Waals surface area contributed by atoms with E-state index in [1.54, 1.807) is 6.33 Å². The molecule has 0 bridgehead atoms. The van der Waals surface area contributed by atoms with E-state index in [2.05, 4.69) is 53.4 Å². The molecule has 1 N–H and O–H groups in total. The third-order valence-electron chi connectivity index (χ3n) is 2.73. The highest BCUT2D eigenvalue weighted by Gasteiger charge is 2.12. The summed E-state index contributed by atoms with van der Waals surface area (Å²) in [5.41, 5.74) is 3.61. The lowest BCUT2D eigenvalue weighted by atomic mass is 10.0. The quantitative estimate of drug-likeness (QED) is 0.872. The molecule has 3 nitrogen and oxygen atoms in total. The fourth-order valence-electron chi connectivity index (χ4n) is 1.85. The second kappa shape index (κ2) is 5.55. The monoisotopic (exact) mass is 227 g/mol. The standard InChI is InChI=1S/C14H17N3/c1-3-17-14(13-8-15-10-16-9-13)12-6-4-11(2)5-7-12/h4-10,14,17H,3H2,1-2H3. The molecule has 2 rings (SSSR count). The average molecular weight is 227 g/mol. The lowest BCUT2D eigenvalue weighted by Crippen LogP contribution is -2.22. The lowest BCUT2D eigenvalue weighted by Gasteiger charge is -2.18. The first-order valence-electron chi connectivity index (χ1n) is 5.86. The van der Waals surface area contributed by atoms with Crippen LogP contribution < -0.4 is 5.32 Å². The van der Waals surface area contributed by atoms with Gasteiger partial charge in [0.25, 0.3) is 0 Å². The van der Waals surface area contributed by atoms with Crippen LogP contribution in [-0.4, -0.2) is 16.5 Å². The number of benzene rings is 1. The number of hydrogen-bond donors (Lipinski definition) is 1. The Morgan fingerprint density at radius 1 is 1.06 bits per heavy atom. The SMILES string of the molecule is CCNC(c1ccc(C)cc1)c1cncnc1. The lowest BCUT2D eigenvalue weighted by molar-refractivity contribution is 0.626. The molecule has 3 heteroatoms. The van der Waals surface area contributed by atoms with E-state index < -0.39 is 0 Å². The summed E-state index contributed by atoms with van der Waals surface area (Å²) in [6.07, 6.45) is 5.28. The van der Waals surface area contributed by atoms with Crippen molar-refractivity contribution in [3.63, 3.8) is 0 Å². The number of nitrogens with one attached hydrogen (secondary N) is 1. The molecule has 1 heterocycles. The molecule has 0 aliphatic heterocycles. The van der Waals surface area contributed by atoms with Gasteiger partial charge in [0.15, 0.2) is 0 Å². The molecule has 0 aliphatic carbocycles. The van der Waals surface area contributed by atoms with Crippen molar-refractivity contribution in [3.05, 3.63) is 59.7 Å². The fraction of sp³-hybridized carbons (Fsp3) is 0.286. The van der Waals surface area contributed by atoms with E-state index in [0.29, 0.717) is 0 Å². The van der Waals surface area contributed by atoms with Gasteiger partial charge in [0.2, 0.25) is 0 Å². The second-order valence-corrected chi connectivity index (χ2v) is 4.07. The van der Waals surface area contributed by atoms with Gasteiger partial charge in [0.05, 0.1) is 6.04 Å². The summed E-state index contributed by atoms with van der Waals surface area (Å²) >= 11 is 0. The maximum atomic E-state index is 4.08. The second-order valence-electron chi connectivity index (χ2n) is 4.07. The minimum absolute atomic E-state index is 0.168. The molecular weight excluding hydrogens is 210 g/mol. The van der Waals surface area contributed by atoms with Crippen molar-refractivity contribution in [2.75, 3.05) is 6.54 Å². The zero-order chi connectivity index (χ0) is 12.1. The Morgan fingerprint density at radius 2 is 1.71 bits per heavy atom. The van der Waals surface area contributed by atoms with Crippen molar-refractivity contribution >= 4 is 0 Å². The highest BCUT2D eigenvalue weighted by atomic mass is 14.9. The van der Waals surface area contributed by atoms with E-state index in [0.717, 1.165) is 12.1 Å². The number of nitrogens with zero attached hydrogens (tertiary/aromatic N) is 2. The zero-order valence-corrected chi connectivity index (χ0v) is 10.2. The summed E-state index contributed by atoms with van der Waals surface area (Å²) in [6, 6.07) is 8.72. The summed E-state index contributed by atoms with van der Waals surface area (Å²) in [6.45, 7) is 5.11. The van der Waals surface area contributed by atoms with Crippen molar-refractivity contribution in [3.8, 4) is 0 Å². The van der Waals surface area contributed by atoms with Crippen LogP contribution in [0.2, 0.25) is 0 Å². The predicted molar refractivity (Wildman–Crippen MR) is 68.7 cm³/mol. The number of rotatable bonds is 4. The Morgan fingerprint density at radius 3 is 2.29 bits per heavy atom. The van der Waals surface area contributed by atoms with Crippen molar-refractivity contribution in [1.82, 2.24) is 15.3 Å². The van der Waals surface area contributed by atoms with Crippen molar-refractivity contribution < 1.29 is 0 Å². The van der Waals surface area contributed by atoms with Gasteiger partial charge in [-0.25, -0.2) is 9.97 Å². The van der Waals surface area contributed by atoms with Crippen molar-refractivity contribution in [2.45, 2.75) is 19.9 Å². The third kappa shape index (κ3) is 2.88. The van der Waals surface area contributed by atoms with Gasteiger partial charge >= 0.3 is 0 Å². The molecule has 0 aliphatic rings. The molecule has 0 fully saturated rings.